The second-order valence-electron chi connectivity index (χ2n) is 4.67. The lowest BCUT2D eigenvalue weighted by atomic mass is 10.2. The van der Waals surface area contributed by atoms with Crippen LogP contribution < -0.4 is 5.32 Å². The van der Waals surface area contributed by atoms with Crippen LogP contribution in [0.4, 0.5) is 4.39 Å². The lowest BCUT2D eigenvalue weighted by Gasteiger charge is -2.17. The van der Waals surface area contributed by atoms with E-state index in [-0.39, 0.29) is 17.9 Å². The fourth-order valence-electron chi connectivity index (χ4n) is 2.20. The van der Waals surface area contributed by atoms with Crippen molar-refractivity contribution in [2.45, 2.75) is 25.8 Å². The van der Waals surface area contributed by atoms with Gasteiger partial charge in [-0.3, -0.25) is 9.59 Å². The number of likely N-dealkylation sites (tertiary alicyclic amines) is 1. The Bertz CT molecular complexity index is 490. The normalized spacial score (nSPS) is 18.4. The Hall–Kier alpha value is -1.91. The minimum atomic E-state index is -0.416. The van der Waals surface area contributed by atoms with E-state index in [1.54, 1.807) is 17.9 Å². The Kier molecular flexibility index (Phi) is 4.14. The third-order valence-corrected chi connectivity index (χ3v) is 3.23. The van der Waals surface area contributed by atoms with Crippen LogP contribution in [0.15, 0.2) is 24.3 Å². The van der Waals surface area contributed by atoms with E-state index in [0.717, 1.165) is 6.42 Å². The largest absolute Gasteiger partial charge is 0.352 e. The highest BCUT2D eigenvalue weighted by Gasteiger charge is 2.27. The number of carbonyl (C=O) groups is 2. The molecule has 1 aromatic rings. The molecule has 19 heavy (non-hydrogen) atoms. The van der Waals surface area contributed by atoms with Crippen LogP contribution >= 0.6 is 0 Å². The SMILES string of the molecule is CCC(=O)N[C@H]1CCN(C(=O)c2cccc(F)c2)C1. The maximum absolute atomic E-state index is 13.1. The molecule has 1 atom stereocenters. The quantitative estimate of drug-likeness (QED) is 0.900. The molecule has 2 amide bonds. The van der Waals surface area contributed by atoms with E-state index in [1.165, 1.54) is 18.2 Å². The Labute approximate surface area is 111 Å². The Morgan fingerprint density at radius 2 is 2.26 bits per heavy atom. The fraction of sp³-hybridized carbons (Fsp3) is 0.429. The Morgan fingerprint density at radius 3 is 2.95 bits per heavy atom. The van der Waals surface area contributed by atoms with Gasteiger partial charge in [-0.2, -0.15) is 0 Å². The van der Waals surface area contributed by atoms with Gasteiger partial charge in [0.1, 0.15) is 5.82 Å². The molecule has 1 aromatic carbocycles. The molecule has 1 N–H and O–H groups in total. The molecule has 0 bridgehead atoms. The molecule has 1 saturated heterocycles. The summed E-state index contributed by atoms with van der Waals surface area (Å²) in [5.74, 6) is -0.612. The third-order valence-electron chi connectivity index (χ3n) is 3.23. The molecular weight excluding hydrogens is 247 g/mol. The van der Waals surface area contributed by atoms with Gasteiger partial charge in [0, 0.05) is 31.1 Å². The van der Waals surface area contributed by atoms with E-state index in [2.05, 4.69) is 5.32 Å². The van der Waals surface area contributed by atoms with Crippen LogP contribution in [0, 0.1) is 5.82 Å². The lowest BCUT2D eigenvalue weighted by molar-refractivity contribution is -0.121. The summed E-state index contributed by atoms with van der Waals surface area (Å²) in [4.78, 5) is 25.1. The molecule has 0 radical (unpaired) electrons. The van der Waals surface area contributed by atoms with Crippen molar-refractivity contribution >= 4 is 11.8 Å². The average Bonchev–Trinajstić information content (AvgIpc) is 2.86. The first-order chi connectivity index (χ1) is 9.10. The topological polar surface area (TPSA) is 49.4 Å². The molecule has 0 aromatic heterocycles. The first kappa shape index (κ1) is 13.5. The van der Waals surface area contributed by atoms with E-state index >= 15 is 0 Å². The van der Waals surface area contributed by atoms with Crippen LogP contribution in [-0.4, -0.2) is 35.8 Å². The van der Waals surface area contributed by atoms with Gasteiger partial charge >= 0.3 is 0 Å². The third kappa shape index (κ3) is 3.30. The van der Waals surface area contributed by atoms with Crippen molar-refractivity contribution in [1.82, 2.24) is 10.2 Å². The van der Waals surface area contributed by atoms with Gasteiger partial charge in [0.25, 0.3) is 5.91 Å². The molecule has 1 fully saturated rings. The number of nitrogens with zero attached hydrogens (tertiary/aromatic N) is 1. The van der Waals surface area contributed by atoms with Crippen LogP contribution in [0.3, 0.4) is 0 Å². The first-order valence-electron chi connectivity index (χ1n) is 6.44. The summed E-state index contributed by atoms with van der Waals surface area (Å²) in [5, 5.41) is 2.87. The number of halogens is 1. The summed E-state index contributed by atoms with van der Waals surface area (Å²) < 4.78 is 13.1. The fourth-order valence-corrected chi connectivity index (χ4v) is 2.20. The van der Waals surface area contributed by atoms with Crippen molar-refractivity contribution in [3.05, 3.63) is 35.6 Å². The summed E-state index contributed by atoms with van der Waals surface area (Å²) in [6.07, 6.45) is 1.18. The summed E-state index contributed by atoms with van der Waals surface area (Å²) in [6.45, 7) is 2.87. The molecule has 1 heterocycles. The molecular formula is C14H17FN2O2. The molecule has 0 spiro atoms. The minimum Gasteiger partial charge on any atom is -0.352 e. The second-order valence-corrected chi connectivity index (χ2v) is 4.67. The molecule has 5 heteroatoms. The Balaban J connectivity index is 1.97. The van der Waals surface area contributed by atoms with Gasteiger partial charge in [0.2, 0.25) is 5.91 Å². The summed E-state index contributed by atoms with van der Waals surface area (Å²) in [5.41, 5.74) is 0.350. The molecule has 4 nitrogen and oxygen atoms in total. The number of hydrogen-bond donors (Lipinski definition) is 1. The highest BCUT2D eigenvalue weighted by atomic mass is 19.1. The molecule has 0 unspecified atom stereocenters. The van der Waals surface area contributed by atoms with Crippen LogP contribution in [0.25, 0.3) is 0 Å². The predicted molar refractivity (Wildman–Crippen MR) is 69.1 cm³/mol. The Morgan fingerprint density at radius 1 is 1.47 bits per heavy atom. The van der Waals surface area contributed by atoms with E-state index in [4.69, 9.17) is 0 Å². The van der Waals surface area contributed by atoms with Crippen LogP contribution in [-0.2, 0) is 4.79 Å². The highest BCUT2D eigenvalue weighted by molar-refractivity contribution is 5.94. The predicted octanol–water partition coefficient (Wildman–Crippen LogP) is 1.57. The van der Waals surface area contributed by atoms with Gasteiger partial charge < -0.3 is 10.2 Å². The number of rotatable bonds is 3. The average molecular weight is 264 g/mol. The van der Waals surface area contributed by atoms with Crippen molar-refractivity contribution in [3.8, 4) is 0 Å². The van der Waals surface area contributed by atoms with Crippen LogP contribution in [0.5, 0.6) is 0 Å². The van der Waals surface area contributed by atoms with Gasteiger partial charge in [0.15, 0.2) is 0 Å². The smallest absolute Gasteiger partial charge is 0.254 e. The van der Waals surface area contributed by atoms with E-state index in [0.29, 0.717) is 25.1 Å². The van der Waals surface area contributed by atoms with Crippen molar-refractivity contribution in [1.29, 1.82) is 0 Å². The number of hydrogen-bond acceptors (Lipinski definition) is 2. The number of amides is 2. The number of benzene rings is 1. The van der Waals surface area contributed by atoms with Gasteiger partial charge in [-0.05, 0) is 24.6 Å². The zero-order valence-electron chi connectivity index (χ0n) is 10.9. The first-order valence-corrected chi connectivity index (χ1v) is 6.44. The van der Waals surface area contributed by atoms with Crippen molar-refractivity contribution < 1.29 is 14.0 Å². The van der Waals surface area contributed by atoms with E-state index in [9.17, 15) is 14.0 Å². The van der Waals surface area contributed by atoms with E-state index < -0.39 is 5.82 Å². The second kappa shape index (κ2) is 5.82. The molecule has 0 saturated carbocycles. The van der Waals surface area contributed by atoms with Crippen molar-refractivity contribution in [2.75, 3.05) is 13.1 Å². The number of nitrogens with one attached hydrogen (secondary N) is 1. The zero-order valence-corrected chi connectivity index (χ0v) is 10.9. The van der Waals surface area contributed by atoms with Gasteiger partial charge in [-0.25, -0.2) is 4.39 Å². The maximum Gasteiger partial charge on any atom is 0.254 e. The molecule has 1 aliphatic heterocycles. The van der Waals surface area contributed by atoms with Crippen molar-refractivity contribution in [3.63, 3.8) is 0 Å². The monoisotopic (exact) mass is 264 g/mol. The van der Waals surface area contributed by atoms with Crippen LogP contribution in [0.2, 0.25) is 0 Å². The summed E-state index contributed by atoms with van der Waals surface area (Å²) in [6, 6.07) is 5.67. The van der Waals surface area contributed by atoms with Gasteiger partial charge in [-0.1, -0.05) is 13.0 Å². The van der Waals surface area contributed by atoms with Crippen LogP contribution in [0.1, 0.15) is 30.1 Å². The standard InChI is InChI=1S/C14H17FN2O2/c1-2-13(18)16-12-6-7-17(9-12)14(19)10-4-3-5-11(15)8-10/h3-5,8,12H,2,6-7,9H2,1H3,(H,16,18)/t12-/m0/s1. The summed E-state index contributed by atoms with van der Waals surface area (Å²) >= 11 is 0. The van der Waals surface area contributed by atoms with Gasteiger partial charge in [0.05, 0.1) is 0 Å². The van der Waals surface area contributed by atoms with Crippen molar-refractivity contribution in [2.24, 2.45) is 0 Å². The maximum atomic E-state index is 13.1. The molecule has 0 aliphatic carbocycles. The highest BCUT2D eigenvalue weighted by Crippen LogP contribution is 2.14. The molecule has 102 valence electrons. The lowest BCUT2D eigenvalue weighted by Crippen LogP contribution is -2.38. The molecule has 1 aliphatic rings. The van der Waals surface area contributed by atoms with Gasteiger partial charge in [-0.15, -0.1) is 0 Å². The summed E-state index contributed by atoms with van der Waals surface area (Å²) in [7, 11) is 0. The molecule has 2 rings (SSSR count). The van der Waals surface area contributed by atoms with E-state index in [1.807, 2.05) is 0 Å². The zero-order chi connectivity index (χ0) is 13.8. The number of carbonyl (C=O) groups excluding carboxylic acids is 2. The minimum absolute atomic E-state index is 0.00459.